The number of ketones is 1. The highest BCUT2D eigenvalue weighted by atomic mass is 35.5. The number of alkyl halides is 1. The van der Waals surface area contributed by atoms with Gasteiger partial charge in [0.1, 0.15) is 6.61 Å². The van der Waals surface area contributed by atoms with Crippen molar-refractivity contribution in [2.24, 2.45) is 0 Å². The molecule has 1 N–H and O–H groups in total. The lowest BCUT2D eigenvalue weighted by atomic mass is 9.93. The predicted octanol–water partition coefficient (Wildman–Crippen LogP) is 8.25. The van der Waals surface area contributed by atoms with Crippen molar-refractivity contribution < 1.29 is 28.7 Å². The Morgan fingerprint density at radius 2 is 1.62 bits per heavy atom. The number of hydrogen-bond acceptors (Lipinski definition) is 7. The second kappa shape index (κ2) is 17.4. The summed E-state index contributed by atoms with van der Waals surface area (Å²) in [6.07, 6.45) is 1.61. The Hall–Kier alpha value is -3.80. The number of benzene rings is 3. The van der Waals surface area contributed by atoms with Crippen molar-refractivity contribution in [3.05, 3.63) is 105 Å². The van der Waals surface area contributed by atoms with E-state index in [0.717, 1.165) is 16.3 Å². The second-order valence-electron chi connectivity index (χ2n) is 10.2. The van der Waals surface area contributed by atoms with Gasteiger partial charge >= 0.3 is 6.09 Å². The average molecular weight is 724 g/mol. The summed E-state index contributed by atoms with van der Waals surface area (Å²) in [5, 5.41) is 9.61. The summed E-state index contributed by atoms with van der Waals surface area (Å²) in [5.41, 5.74) is 2.16. The fourth-order valence-electron chi connectivity index (χ4n) is 4.06. The fraction of sp³-hybridized carbons (Fsp3) is 0.273. The van der Waals surface area contributed by atoms with Crippen LogP contribution in [0.25, 0.3) is 5.69 Å². The van der Waals surface area contributed by atoms with Crippen LogP contribution in [0.5, 0.6) is 5.88 Å². The highest BCUT2D eigenvalue weighted by Crippen LogP contribution is 2.26. The minimum absolute atomic E-state index is 0.153. The molecule has 1 atom stereocenters. The molecule has 3 aromatic carbocycles. The van der Waals surface area contributed by atoms with Crippen LogP contribution in [0.4, 0.5) is 10.5 Å². The van der Waals surface area contributed by atoms with E-state index >= 15 is 0 Å². The number of hydroxylamine groups is 1. The van der Waals surface area contributed by atoms with E-state index in [1.165, 1.54) is 26.4 Å². The summed E-state index contributed by atoms with van der Waals surface area (Å²) in [6.45, 7) is 5.41. The van der Waals surface area contributed by atoms with Crippen LogP contribution < -0.4 is 15.1 Å². The molecule has 0 fully saturated rings. The topological polar surface area (TPSA) is 112 Å². The Labute approximate surface area is 293 Å². The summed E-state index contributed by atoms with van der Waals surface area (Å²) >= 11 is 23.5. The normalized spacial score (nSPS) is 11.9. The SMILES string of the molecule is CCC(C)(NC(=O)c1cc(Cl)c(C)c(Cl)c1)C(=O)CCl.COC(=O)N(OC)c1ccccc1COc1ccn(-c2ccc(Cl)cc2)n1. The molecule has 1 unspecified atom stereocenters. The van der Waals surface area contributed by atoms with Crippen LogP contribution in [0.2, 0.25) is 15.1 Å². The standard InChI is InChI=1S/C19H18ClN3O4.C14H16Cl3NO2/c1-25-19(24)23(26-2)17-6-4-3-5-14(17)13-27-18-11-12-22(21-18)16-9-7-15(20)8-10-16;1-4-14(3,12(19)7-15)18-13(20)9-5-10(16)8(2)11(17)6-9/h3-12H,13H2,1-2H3;5-6H,4,7H2,1-3H3,(H,18,20). The first-order valence-electron chi connectivity index (χ1n) is 14.2. The van der Waals surface area contributed by atoms with Crippen LogP contribution in [0.3, 0.4) is 0 Å². The van der Waals surface area contributed by atoms with E-state index < -0.39 is 17.5 Å². The number of para-hydroxylation sites is 1. The van der Waals surface area contributed by atoms with Gasteiger partial charge in [-0.25, -0.2) is 9.48 Å². The van der Waals surface area contributed by atoms with E-state index in [4.69, 9.17) is 60.7 Å². The first-order valence-corrected chi connectivity index (χ1v) is 15.9. The van der Waals surface area contributed by atoms with Gasteiger partial charge in [0.25, 0.3) is 5.91 Å². The van der Waals surface area contributed by atoms with Gasteiger partial charge in [0.15, 0.2) is 5.78 Å². The van der Waals surface area contributed by atoms with Gasteiger partial charge in [-0.15, -0.1) is 16.7 Å². The minimum atomic E-state index is -0.997. The molecule has 2 amide bonds. The smallest absolute Gasteiger partial charge is 0.438 e. The maximum atomic E-state index is 12.2. The zero-order chi connectivity index (χ0) is 34.7. The van der Waals surface area contributed by atoms with E-state index in [9.17, 15) is 14.4 Å². The van der Waals surface area contributed by atoms with Crippen molar-refractivity contribution in [2.45, 2.75) is 39.3 Å². The third kappa shape index (κ3) is 9.85. The third-order valence-corrected chi connectivity index (χ3v) is 8.42. The van der Waals surface area contributed by atoms with Gasteiger partial charge in [-0.05, 0) is 68.3 Å². The summed E-state index contributed by atoms with van der Waals surface area (Å²) in [4.78, 5) is 41.0. The molecule has 0 bridgehead atoms. The van der Waals surface area contributed by atoms with E-state index in [1.54, 1.807) is 62.0 Å². The van der Waals surface area contributed by atoms with Crippen molar-refractivity contribution in [2.75, 3.05) is 25.2 Å². The molecule has 0 saturated heterocycles. The highest BCUT2D eigenvalue weighted by molar-refractivity contribution is 6.36. The number of aromatic nitrogens is 2. The molecule has 1 heterocycles. The Kier molecular flexibility index (Phi) is 13.9. The monoisotopic (exact) mass is 722 g/mol. The number of methoxy groups -OCH3 is 1. The molecule has 14 heteroatoms. The Morgan fingerprint density at radius 1 is 0.979 bits per heavy atom. The number of anilines is 1. The summed E-state index contributed by atoms with van der Waals surface area (Å²) < 4.78 is 12.2. The first kappa shape index (κ1) is 37.7. The zero-order valence-corrected chi connectivity index (χ0v) is 29.4. The fourth-order valence-corrected chi connectivity index (χ4v) is 4.97. The molecule has 250 valence electrons. The highest BCUT2D eigenvalue weighted by Gasteiger charge is 2.32. The molecule has 0 aliphatic carbocycles. The number of carbonyl (C=O) groups is 3. The molecule has 1 aromatic heterocycles. The van der Waals surface area contributed by atoms with Crippen molar-refractivity contribution >= 4 is 69.9 Å². The summed E-state index contributed by atoms with van der Waals surface area (Å²) in [7, 11) is 2.68. The number of amides is 2. The van der Waals surface area contributed by atoms with Crippen molar-refractivity contribution in [3.8, 4) is 11.6 Å². The number of ether oxygens (including phenoxy) is 2. The van der Waals surface area contributed by atoms with Gasteiger partial charge in [-0.3, -0.25) is 14.4 Å². The molecule has 0 saturated carbocycles. The van der Waals surface area contributed by atoms with Gasteiger partial charge in [0, 0.05) is 38.5 Å². The van der Waals surface area contributed by atoms with Crippen LogP contribution in [-0.2, 0) is 21.0 Å². The van der Waals surface area contributed by atoms with E-state index in [1.807, 2.05) is 24.3 Å². The molecule has 47 heavy (non-hydrogen) atoms. The van der Waals surface area contributed by atoms with Crippen LogP contribution >= 0.6 is 46.4 Å². The molecule has 0 spiro atoms. The van der Waals surface area contributed by atoms with Gasteiger partial charge in [0.05, 0.1) is 37.0 Å². The second-order valence-corrected chi connectivity index (χ2v) is 11.7. The third-order valence-electron chi connectivity index (χ3n) is 7.14. The summed E-state index contributed by atoms with van der Waals surface area (Å²) in [6, 6.07) is 19.3. The number of rotatable bonds is 11. The number of halogens is 4. The van der Waals surface area contributed by atoms with Crippen LogP contribution in [0, 0.1) is 6.92 Å². The first-order chi connectivity index (χ1) is 22.4. The van der Waals surface area contributed by atoms with Crippen LogP contribution in [0.15, 0.2) is 72.9 Å². The lowest BCUT2D eigenvalue weighted by molar-refractivity contribution is -0.122. The largest absolute Gasteiger partial charge is 0.472 e. The number of carbonyl (C=O) groups excluding carboxylic acids is 3. The Balaban J connectivity index is 0.000000268. The molecule has 4 aromatic rings. The molecular weight excluding hydrogens is 690 g/mol. The Morgan fingerprint density at radius 3 is 2.19 bits per heavy atom. The quantitative estimate of drug-likeness (QED) is 0.123. The number of nitrogens with one attached hydrogen (secondary N) is 1. The summed E-state index contributed by atoms with van der Waals surface area (Å²) in [5.74, 6) is -0.349. The van der Waals surface area contributed by atoms with Crippen molar-refractivity contribution in [1.82, 2.24) is 15.1 Å². The Bertz CT molecular complexity index is 1680. The average Bonchev–Trinajstić information content (AvgIpc) is 3.55. The minimum Gasteiger partial charge on any atom is -0.472 e. The number of hydrogen-bond donors (Lipinski definition) is 1. The molecule has 0 aliphatic rings. The van der Waals surface area contributed by atoms with Crippen molar-refractivity contribution in [1.29, 1.82) is 0 Å². The lowest BCUT2D eigenvalue weighted by Crippen LogP contribution is -2.52. The van der Waals surface area contributed by atoms with E-state index in [2.05, 4.69) is 10.4 Å². The number of nitrogens with zero attached hydrogens (tertiary/aromatic N) is 3. The predicted molar refractivity (Wildman–Crippen MR) is 184 cm³/mol. The molecular formula is C33H34Cl4N4O6. The maximum Gasteiger partial charge on any atom is 0.438 e. The molecule has 4 rings (SSSR count). The van der Waals surface area contributed by atoms with Crippen molar-refractivity contribution in [3.63, 3.8) is 0 Å². The van der Waals surface area contributed by atoms with E-state index in [-0.39, 0.29) is 18.3 Å². The molecule has 0 aliphatic heterocycles. The zero-order valence-electron chi connectivity index (χ0n) is 26.4. The molecule has 10 nitrogen and oxygen atoms in total. The van der Waals surface area contributed by atoms with E-state index in [0.29, 0.717) is 44.2 Å². The molecule has 0 radical (unpaired) electrons. The van der Waals surface area contributed by atoms with Gasteiger partial charge < -0.3 is 14.8 Å². The van der Waals surface area contributed by atoms with Gasteiger partial charge in [-0.2, -0.15) is 5.06 Å². The van der Waals surface area contributed by atoms with Crippen LogP contribution in [0.1, 0.15) is 41.8 Å². The number of Topliss-reactive ketones (excluding diaryl/α,β-unsaturated/α-hetero) is 1. The van der Waals surface area contributed by atoms with Gasteiger partial charge in [0.2, 0.25) is 5.88 Å². The maximum absolute atomic E-state index is 12.2. The van der Waals surface area contributed by atoms with Gasteiger partial charge in [-0.1, -0.05) is 59.9 Å². The van der Waals surface area contributed by atoms with Crippen LogP contribution in [-0.4, -0.2) is 53.2 Å². The lowest BCUT2D eigenvalue weighted by Gasteiger charge is -2.27.